The number of rotatable bonds is 11. The Hall–Kier alpha value is -3.56. The Balaban J connectivity index is 0.000000269. The third kappa shape index (κ3) is 8.28. The maximum Gasteiger partial charge on any atom is 0.296 e. The van der Waals surface area contributed by atoms with E-state index in [0.29, 0.717) is 49.3 Å². The molecule has 3 rings (SSSR count). The molecule has 1 aliphatic rings. The smallest absolute Gasteiger partial charge is 0.296 e. The van der Waals surface area contributed by atoms with E-state index in [2.05, 4.69) is 10.1 Å². The van der Waals surface area contributed by atoms with Gasteiger partial charge in [0, 0.05) is 32.9 Å². The van der Waals surface area contributed by atoms with Gasteiger partial charge in [0.25, 0.3) is 5.91 Å². The summed E-state index contributed by atoms with van der Waals surface area (Å²) in [6.45, 7) is 7.97. The highest BCUT2D eigenvalue weighted by atomic mass is 16.5. The fourth-order valence-corrected chi connectivity index (χ4v) is 3.47. The molecule has 1 aromatic heterocycles. The number of aromatic nitrogens is 2. The van der Waals surface area contributed by atoms with Crippen molar-refractivity contribution in [3.63, 3.8) is 0 Å². The van der Waals surface area contributed by atoms with Crippen molar-refractivity contribution in [1.29, 1.82) is 0 Å². The predicted molar refractivity (Wildman–Crippen MR) is 133 cm³/mol. The van der Waals surface area contributed by atoms with Crippen LogP contribution in [0.2, 0.25) is 0 Å². The van der Waals surface area contributed by atoms with Crippen LogP contribution >= 0.6 is 0 Å². The second-order valence-corrected chi connectivity index (χ2v) is 8.50. The Morgan fingerprint density at radius 1 is 1.11 bits per heavy atom. The van der Waals surface area contributed by atoms with Crippen LogP contribution in [0.5, 0.6) is 5.75 Å². The zero-order chi connectivity index (χ0) is 26.7. The van der Waals surface area contributed by atoms with Crippen LogP contribution in [0.25, 0.3) is 0 Å². The number of benzene rings is 1. The Morgan fingerprint density at radius 2 is 1.81 bits per heavy atom. The summed E-state index contributed by atoms with van der Waals surface area (Å²) in [5.74, 6) is 0.539. The van der Waals surface area contributed by atoms with Crippen LogP contribution < -0.4 is 9.64 Å². The van der Waals surface area contributed by atoms with E-state index in [9.17, 15) is 19.2 Å². The number of carbonyl (C=O) groups is 4. The van der Waals surface area contributed by atoms with E-state index in [1.165, 1.54) is 6.92 Å². The maximum atomic E-state index is 12.5. The lowest BCUT2D eigenvalue weighted by atomic mass is 10.2. The third-order valence-corrected chi connectivity index (χ3v) is 5.59. The Labute approximate surface area is 212 Å². The lowest BCUT2D eigenvalue weighted by Gasteiger charge is -2.22. The molecule has 2 aromatic rings. The van der Waals surface area contributed by atoms with E-state index in [1.807, 2.05) is 45.0 Å². The molecule has 0 spiro atoms. The minimum atomic E-state index is -0.628. The van der Waals surface area contributed by atoms with Crippen molar-refractivity contribution in [2.75, 3.05) is 25.1 Å². The molecule has 0 N–H and O–H groups in total. The standard InChI is InChI=1S/C15H19N3O3.C11H17NO3/c1-4-14-16-13(17-21-14)10-15(19)18(5-2)11-8-6-7-9-12(11)20-3;1-3-4-10(14)11(15)12(8(2)13)7-9-5-6-9/h6-9H,4-5,10H2,1-3H3;9H,3-7H2,1-2H3. The van der Waals surface area contributed by atoms with Crippen molar-refractivity contribution < 1.29 is 28.4 Å². The zero-order valence-corrected chi connectivity index (χ0v) is 21.8. The fourth-order valence-electron chi connectivity index (χ4n) is 3.47. The number of nitrogens with zero attached hydrogens (tertiary/aromatic N) is 4. The van der Waals surface area contributed by atoms with Gasteiger partial charge in [0.15, 0.2) is 5.82 Å². The highest BCUT2D eigenvalue weighted by Crippen LogP contribution is 2.30. The van der Waals surface area contributed by atoms with Gasteiger partial charge in [0.2, 0.25) is 23.5 Å². The first-order chi connectivity index (χ1) is 17.2. The van der Waals surface area contributed by atoms with E-state index < -0.39 is 11.7 Å². The normalized spacial score (nSPS) is 12.2. The van der Waals surface area contributed by atoms with Crippen molar-refractivity contribution in [2.24, 2.45) is 5.92 Å². The summed E-state index contributed by atoms with van der Waals surface area (Å²) in [4.78, 5) is 53.5. The minimum absolute atomic E-state index is 0.0922. The number of likely N-dealkylation sites (N-methyl/N-ethyl adjacent to an activating group) is 1. The number of anilines is 1. The average molecular weight is 501 g/mol. The van der Waals surface area contributed by atoms with Crippen LogP contribution in [-0.2, 0) is 32.0 Å². The number of ether oxygens (including phenoxy) is 1. The molecule has 196 valence electrons. The molecule has 3 amide bonds. The summed E-state index contributed by atoms with van der Waals surface area (Å²) in [5.41, 5.74) is 0.742. The van der Waals surface area contributed by atoms with Crippen molar-refractivity contribution in [2.45, 2.75) is 66.2 Å². The molecule has 1 fully saturated rings. The second-order valence-electron chi connectivity index (χ2n) is 8.50. The largest absolute Gasteiger partial charge is 0.495 e. The topological polar surface area (TPSA) is 123 Å². The number of Topliss-reactive ketones (excluding diaryl/α,β-unsaturated/α-hetero) is 1. The molecule has 1 aromatic carbocycles. The molecule has 0 radical (unpaired) electrons. The molecule has 0 bridgehead atoms. The quantitative estimate of drug-likeness (QED) is 0.430. The van der Waals surface area contributed by atoms with Gasteiger partial charge < -0.3 is 14.2 Å². The number of hydrogen-bond donors (Lipinski definition) is 0. The first kappa shape index (κ1) is 28.7. The molecule has 0 aliphatic heterocycles. The van der Waals surface area contributed by atoms with E-state index in [-0.39, 0.29) is 24.7 Å². The highest BCUT2D eigenvalue weighted by Gasteiger charge is 2.31. The van der Waals surface area contributed by atoms with Gasteiger partial charge in [0.05, 0.1) is 19.2 Å². The van der Waals surface area contributed by atoms with Crippen LogP contribution in [0.4, 0.5) is 5.69 Å². The molecule has 1 aliphatic carbocycles. The molecule has 0 atom stereocenters. The Kier molecular flexibility index (Phi) is 11.2. The van der Waals surface area contributed by atoms with Gasteiger partial charge in [-0.1, -0.05) is 31.1 Å². The lowest BCUT2D eigenvalue weighted by Crippen LogP contribution is -2.41. The van der Waals surface area contributed by atoms with Crippen molar-refractivity contribution in [3.8, 4) is 5.75 Å². The van der Waals surface area contributed by atoms with Crippen LogP contribution in [0.15, 0.2) is 28.8 Å². The Morgan fingerprint density at radius 3 is 2.33 bits per heavy atom. The summed E-state index contributed by atoms with van der Waals surface area (Å²) < 4.78 is 10.3. The average Bonchev–Trinajstić information content (AvgIpc) is 3.59. The summed E-state index contributed by atoms with van der Waals surface area (Å²) in [6.07, 6.45) is 3.74. The summed E-state index contributed by atoms with van der Waals surface area (Å²) >= 11 is 0. The van der Waals surface area contributed by atoms with Gasteiger partial charge in [-0.3, -0.25) is 24.1 Å². The first-order valence-corrected chi connectivity index (χ1v) is 12.4. The molecule has 0 saturated heterocycles. The Bertz CT molecular complexity index is 1050. The number of amides is 3. The van der Waals surface area contributed by atoms with Gasteiger partial charge in [-0.2, -0.15) is 4.98 Å². The van der Waals surface area contributed by atoms with Crippen molar-refractivity contribution in [3.05, 3.63) is 36.0 Å². The van der Waals surface area contributed by atoms with E-state index >= 15 is 0 Å². The first-order valence-electron chi connectivity index (χ1n) is 12.4. The molecule has 1 heterocycles. The number of imide groups is 1. The molecule has 1 saturated carbocycles. The van der Waals surface area contributed by atoms with E-state index in [0.717, 1.165) is 23.4 Å². The van der Waals surface area contributed by atoms with Crippen LogP contribution in [0, 0.1) is 5.92 Å². The number of aryl methyl sites for hydroxylation is 1. The van der Waals surface area contributed by atoms with E-state index in [1.54, 1.807) is 12.0 Å². The number of para-hydroxylation sites is 2. The number of ketones is 1. The number of carbonyl (C=O) groups excluding carboxylic acids is 4. The monoisotopic (exact) mass is 500 g/mol. The minimum Gasteiger partial charge on any atom is -0.495 e. The number of hydrogen-bond acceptors (Lipinski definition) is 8. The molecular weight excluding hydrogens is 464 g/mol. The van der Waals surface area contributed by atoms with Gasteiger partial charge in [0.1, 0.15) is 5.75 Å². The summed E-state index contributed by atoms with van der Waals surface area (Å²) in [6, 6.07) is 7.42. The maximum absolute atomic E-state index is 12.5. The SMILES string of the molecule is CCCC(=O)C(=O)N(CC1CC1)C(C)=O.CCc1nc(CC(=O)N(CC)c2ccccc2OC)no1. The van der Waals surface area contributed by atoms with Gasteiger partial charge in [-0.05, 0) is 44.2 Å². The van der Waals surface area contributed by atoms with E-state index in [4.69, 9.17) is 9.26 Å². The second kappa shape index (κ2) is 14.1. The molecular formula is C26H36N4O6. The molecule has 10 nitrogen and oxygen atoms in total. The predicted octanol–water partition coefficient (Wildman–Crippen LogP) is 3.38. The van der Waals surface area contributed by atoms with Crippen LogP contribution in [0.1, 0.15) is 65.1 Å². The van der Waals surface area contributed by atoms with Gasteiger partial charge in [-0.25, -0.2) is 0 Å². The highest BCUT2D eigenvalue weighted by molar-refractivity contribution is 6.38. The zero-order valence-electron chi connectivity index (χ0n) is 21.8. The fraction of sp³-hybridized carbons (Fsp3) is 0.538. The molecule has 0 unspecified atom stereocenters. The molecule has 10 heteroatoms. The lowest BCUT2D eigenvalue weighted by molar-refractivity contribution is -0.151. The molecule has 36 heavy (non-hydrogen) atoms. The third-order valence-electron chi connectivity index (χ3n) is 5.59. The van der Waals surface area contributed by atoms with Gasteiger partial charge >= 0.3 is 0 Å². The van der Waals surface area contributed by atoms with Gasteiger partial charge in [-0.15, -0.1) is 0 Å². The van der Waals surface area contributed by atoms with Crippen molar-refractivity contribution >= 4 is 29.2 Å². The van der Waals surface area contributed by atoms with Crippen LogP contribution in [-0.4, -0.2) is 58.7 Å². The van der Waals surface area contributed by atoms with Crippen molar-refractivity contribution in [1.82, 2.24) is 15.0 Å². The summed E-state index contributed by atoms with van der Waals surface area (Å²) in [7, 11) is 1.59. The summed E-state index contributed by atoms with van der Waals surface area (Å²) in [5, 5.41) is 3.82. The van der Waals surface area contributed by atoms with Crippen LogP contribution in [0.3, 0.4) is 0 Å². The number of methoxy groups -OCH3 is 1.